The second-order valence-corrected chi connectivity index (χ2v) is 22.0. The van der Waals surface area contributed by atoms with Crippen LogP contribution in [-0.4, -0.2) is 73.3 Å². The topological polar surface area (TPSA) is 80.3 Å². The van der Waals surface area contributed by atoms with Crippen LogP contribution in [-0.2, 0) is 9.59 Å². The van der Waals surface area contributed by atoms with E-state index in [2.05, 4.69) is 69.2 Å². The Balaban J connectivity index is -0.000000416. The molecule has 0 saturated carbocycles. The molecule has 0 aromatic rings. The molecule has 0 rings (SSSR count). The fourth-order valence-electron chi connectivity index (χ4n) is 9.86. The fourth-order valence-corrected chi connectivity index (χ4v) is 9.86. The molecule has 6 heteroatoms. The molecule has 0 unspecified atom stereocenters. The van der Waals surface area contributed by atoms with Crippen molar-refractivity contribution in [3.63, 3.8) is 0 Å². The highest BCUT2D eigenvalue weighted by atomic mass is 16.4. The number of carboxylic acid groups (broad SMARTS) is 2. The van der Waals surface area contributed by atoms with E-state index in [4.69, 9.17) is 0 Å². The van der Waals surface area contributed by atoms with Gasteiger partial charge in [0.05, 0.1) is 52.4 Å². The van der Waals surface area contributed by atoms with Gasteiger partial charge in [0.25, 0.3) is 0 Å². The predicted octanol–water partition coefficient (Wildman–Crippen LogP) is 18.4. The molecule has 0 amide bonds. The molecule has 0 fully saturated rings. The minimum atomic E-state index is -0.907. The summed E-state index contributed by atoms with van der Waals surface area (Å²) >= 11 is 0. The Bertz CT molecular complexity index is 862. The third-order valence-corrected chi connectivity index (χ3v) is 14.9. The van der Waals surface area contributed by atoms with Crippen molar-refractivity contribution < 1.29 is 28.8 Å². The lowest BCUT2D eigenvalue weighted by Crippen LogP contribution is -2.50. The number of carboxylic acids is 2. The van der Waals surface area contributed by atoms with Gasteiger partial charge < -0.3 is 28.8 Å². The average molecular weight is 996 g/mol. The Kier molecular flexibility index (Phi) is 68.9. The Morgan fingerprint density at radius 3 is 0.471 bits per heavy atom. The van der Waals surface area contributed by atoms with Crippen LogP contribution < -0.4 is 10.2 Å². The monoisotopic (exact) mass is 995 g/mol. The SMILES string of the molecule is CCCCCCCCCCCCCC(=O)[O-].CCCCCCCCCCCCCCCCCC(=O)[O-].CCCC[N+](CCCC)(CCCC)CCCC.CCCC[N+](CCCC)(CCCC)CCCC. The zero-order chi connectivity index (χ0) is 52.9. The van der Waals surface area contributed by atoms with Crippen molar-refractivity contribution in [2.24, 2.45) is 0 Å². The summed E-state index contributed by atoms with van der Waals surface area (Å²) in [5.74, 6) is -1.81. The first-order valence-corrected chi connectivity index (χ1v) is 32.1. The minimum absolute atomic E-state index is 0.233. The number of rotatable bonds is 52. The van der Waals surface area contributed by atoms with Crippen molar-refractivity contribution in [2.45, 2.75) is 352 Å². The van der Waals surface area contributed by atoms with Gasteiger partial charge in [-0.3, -0.25) is 0 Å². The van der Waals surface area contributed by atoms with E-state index in [9.17, 15) is 19.8 Å². The largest absolute Gasteiger partial charge is 0.550 e. The minimum Gasteiger partial charge on any atom is -0.550 e. The first-order chi connectivity index (χ1) is 34.0. The molecule has 424 valence electrons. The van der Waals surface area contributed by atoms with Crippen LogP contribution in [0.1, 0.15) is 352 Å². The molecule has 0 bridgehead atoms. The molecule has 0 heterocycles. The highest BCUT2D eigenvalue weighted by molar-refractivity contribution is 5.64. The molecule has 0 radical (unpaired) electrons. The summed E-state index contributed by atoms with van der Waals surface area (Å²) in [6.45, 7) is 34.5. The Morgan fingerprint density at radius 1 is 0.214 bits per heavy atom. The summed E-state index contributed by atoms with van der Waals surface area (Å²) in [7, 11) is 0. The number of quaternary nitrogens is 2. The number of carbonyl (C=O) groups is 2. The first-order valence-electron chi connectivity index (χ1n) is 32.1. The lowest BCUT2D eigenvalue weighted by Gasteiger charge is -2.39. The molecule has 0 aromatic carbocycles. The number of unbranched alkanes of at least 4 members (excludes halogenated alkanes) is 32. The maximum absolute atomic E-state index is 10.2. The molecule has 0 aromatic heterocycles. The van der Waals surface area contributed by atoms with Crippen molar-refractivity contribution in [1.29, 1.82) is 0 Å². The van der Waals surface area contributed by atoms with Gasteiger partial charge >= 0.3 is 0 Å². The van der Waals surface area contributed by atoms with Gasteiger partial charge in [-0.1, -0.05) is 275 Å². The Hall–Kier alpha value is -1.14. The van der Waals surface area contributed by atoms with Crippen LogP contribution in [0.15, 0.2) is 0 Å². The second kappa shape index (κ2) is 64.0. The van der Waals surface area contributed by atoms with Crippen LogP contribution in [0.5, 0.6) is 0 Å². The zero-order valence-corrected chi connectivity index (χ0v) is 50.3. The summed E-state index contributed by atoms with van der Waals surface area (Å²) in [6, 6.07) is 0. The summed E-state index contributed by atoms with van der Waals surface area (Å²) in [5, 5.41) is 20.4. The van der Waals surface area contributed by atoms with E-state index in [0.717, 1.165) is 25.7 Å². The second-order valence-electron chi connectivity index (χ2n) is 22.0. The average Bonchev–Trinajstić information content (AvgIpc) is 3.36. The summed E-state index contributed by atoms with van der Waals surface area (Å²) in [4.78, 5) is 20.4. The molecule has 0 aliphatic rings. The summed E-state index contributed by atoms with van der Waals surface area (Å²) in [5.41, 5.74) is 0. The van der Waals surface area contributed by atoms with Gasteiger partial charge in [-0.25, -0.2) is 0 Å². The number of hydrogen-bond donors (Lipinski definition) is 0. The Morgan fingerprint density at radius 2 is 0.343 bits per heavy atom. The van der Waals surface area contributed by atoms with Crippen LogP contribution in [0.2, 0.25) is 0 Å². The summed E-state index contributed by atoms with van der Waals surface area (Å²) in [6.07, 6.45) is 56.0. The molecule has 0 saturated heterocycles. The van der Waals surface area contributed by atoms with Gasteiger partial charge in [0.15, 0.2) is 0 Å². The molecule has 0 atom stereocenters. The van der Waals surface area contributed by atoms with Crippen LogP contribution in [0, 0.1) is 0 Å². The maximum atomic E-state index is 10.2. The number of aliphatic carboxylic acids is 2. The first kappa shape index (κ1) is 75.4. The smallest absolute Gasteiger partial charge is 0.0786 e. The van der Waals surface area contributed by atoms with Gasteiger partial charge in [-0.15, -0.1) is 0 Å². The lowest BCUT2D eigenvalue weighted by molar-refractivity contribution is -0.929. The van der Waals surface area contributed by atoms with E-state index < -0.39 is 11.9 Å². The van der Waals surface area contributed by atoms with E-state index in [-0.39, 0.29) is 12.8 Å². The molecule has 6 nitrogen and oxygen atoms in total. The van der Waals surface area contributed by atoms with Crippen LogP contribution in [0.25, 0.3) is 0 Å². The van der Waals surface area contributed by atoms with Crippen LogP contribution >= 0.6 is 0 Å². The molecule has 0 aliphatic carbocycles. The molecule has 0 N–H and O–H groups in total. The molecule has 0 spiro atoms. The number of nitrogens with zero attached hydrogens (tertiary/aromatic N) is 2. The van der Waals surface area contributed by atoms with Crippen molar-refractivity contribution in [3.05, 3.63) is 0 Å². The van der Waals surface area contributed by atoms with E-state index in [1.165, 1.54) is 305 Å². The zero-order valence-electron chi connectivity index (χ0n) is 50.3. The molecular weight excluding hydrogens is 861 g/mol. The van der Waals surface area contributed by atoms with E-state index in [0.29, 0.717) is 0 Å². The molecule has 0 aliphatic heterocycles. The highest BCUT2D eigenvalue weighted by Crippen LogP contribution is 2.19. The van der Waals surface area contributed by atoms with Gasteiger partial charge in [-0.05, 0) is 77.0 Å². The summed E-state index contributed by atoms with van der Waals surface area (Å²) < 4.78 is 2.84. The molecule has 70 heavy (non-hydrogen) atoms. The van der Waals surface area contributed by atoms with Gasteiger partial charge in [0, 0.05) is 11.9 Å². The van der Waals surface area contributed by atoms with Gasteiger partial charge in [0.1, 0.15) is 0 Å². The number of hydrogen-bond acceptors (Lipinski definition) is 4. The van der Waals surface area contributed by atoms with E-state index in [1.807, 2.05) is 0 Å². The maximum Gasteiger partial charge on any atom is 0.0786 e. The number of carbonyl (C=O) groups excluding carboxylic acids is 2. The van der Waals surface area contributed by atoms with Crippen molar-refractivity contribution in [1.82, 2.24) is 0 Å². The van der Waals surface area contributed by atoms with Crippen molar-refractivity contribution in [2.75, 3.05) is 52.4 Å². The Labute approximate surface area is 443 Å². The van der Waals surface area contributed by atoms with Crippen molar-refractivity contribution in [3.8, 4) is 0 Å². The van der Waals surface area contributed by atoms with Gasteiger partial charge in [-0.2, -0.15) is 0 Å². The third-order valence-electron chi connectivity index (χ3n) is 14.9. The predicted molar refractivity (Wildman–Crippen MR) is 309 cm³/mol. The molecular formula is C64H134N2O4. The third kappa shape index (κ3) is 61.2. The van der Waals surface area contributed by atoms with Gasteiger partial charge in [0.2, 0.25) is 0 Å². The van der Waals surface area contributed by atoms with E-state index >= 15 is 0 Å². The lowest BCUT2D eigenvalue weighted by atomic mass is 10.0. The normalized spacial score (nSPS) is 11.3. The fraction of sp³-hybridized carbons (Fsp3) is 0.969. The van der Waals surface area contributed by atoms with Crippen LogP contribution in [0.4, 0.5) is 0 Å². The van der Waals surface area contributed by atoms with Crippen LogP contribution in [0.3, 0.4) is 0 Å². The quantitative estimate of drug-likeness (QED) is 0.0449. The van der Waals surface area contributed by atoms with E-state index in [1.54, 1.807) is 0 Å². The highest BCUT2D eigenvalue weighted by Gasteiger charge is 2.26. The standard InChI is InChI=1S/C18H36O2.2C16H36N.C14H28O2/c1-2-3-4-5-6-7-8-9-10-11-12-13-14-15-16-17-18(19)20;2*1-5-9-13-17(14-10-6-2,15-11-7-3)16-12-8-4;1-2-3-4-5-6-7-8-9-10-11-12-13-14(15)16/h2-17H2,1H3,(H,19,20);2*5-16H2,1-4H3;2-13H2,1H3,(H,15,16)/q;2*+1;/p-2. The van der Waals surface area contributed by atoms with Crippen molar-refractivity contribution >= 4 is 11.9 Å².